The van der Waals surface area contributed by atoms with Crippen LogP contribution in [0.5, 0.6) is 0 Å². The average molecular weight is 452 g/mol. The number of carbonyl (C=O) groups is 3. The smallest absolute Gasteiger partial charge is 0.228 e. The number of carbonyl (C=O) groups excluding carboxylic acids is 3. The average Bonchev–Trinajstić information content (AvgIpc) is 3.20. The monoisotopic (exact) mass is 451 g/mol. The van der Waals surface area contributed by atoms with Crippen LogP contribution in [-0.4, -0.2) is 48.3 Å². The first-order chi connectivity index (χ1) is 15.9. The molecule has 2 aliphatic heterocycles. The van der Waals surface area contributed by atoms with Crippen LogP contribution in [0.3, 0.4) is 0 Å². The third-order valence-corrected chi connectivity index (χ3v) is 6.52. The SMILES string of the molecule is Cc1ccc(N2CC(C(=O)N3CCC(NC(=O)CCc4ccccc4)CC3)CC2=O)c(F)c1. The standard InChI is InChI=1S/C26H30FN3O3/c1-18-7-9-23(22(27)15-18)30-17-20(16-25(30)32)26(33)29-13-11-21(12-14-29)28-24(31)10-8-19-5-3-2-4-6-19/h2-7,9,15,20-21H,8,10-14,16-17H2,1H3,(H,28,31). The van der Waals surface area contributed by atoms with Crippen molar-refractivity contribution in [2.24, 2.45) is 5.92 Å². The fourth-order valence-corrected chi connectivity index (χ4v) is 4.64. The molecule has 174 valence electrons. The number of piperidine rings is 1. The van der Waals surface area contributed by atoms with Gasteiger partial charge in [0.05, 0.1) is 11.6 Å². The minimum Gasteiger partial charge on any atom is -0.353 e. The van der Waals surface area contributed by atoms with E-state index in [1.807, 2.05) is 30.3 Å². The highest BCUT2D eigenvalue weighted by molar-refractivity contribution is 6.00. The highest BCUT2D eigenvalue weighted by Crippen LogP contribution is 2.29. The van der Waals surface area contributed by atoms with Gasteiger partial charge in [0.25, 0.3) is 0 Å². The summed E-state index contributed by atoms with van der Waals surface area (Å²) < 4.78 is 14.3. The van der Waals surface area contributed by atoms with Gasteiger partial charge in [0, 0.05) is 38.5 Å². The molecule has 2 aromatic carbocycles. The second kappa shape index (κ2) is 10.1. The largest absolute Gasteiger partial charge is 0.353 e. The molecule has 0 aromatic heterocycles. The summed E-state index contributed by atoms with van der Waals surface area (Å²) in [5.41, 5.74) is 2.15. The highest BCUT2D eigenvalue weighted by atomic mass is 19.1. The van der Waals surface area contributed by atoms with Gasteiger partial charge in [-0.3, -0.25) is 14.4 Å². The predicted molar refractivity (Wildman–Crippen MR) is 124 cm³/mol. The van der Waals surface area contributed by atoms with E-state index in [0.29, 0.717) is 38.8 Å². The molecule has 2 fully saturated rings. The van der Waals surface area contributed by atoms with Crippen LogP contribution in [0.25, 0.3) is 0 Å². The number of amides is 3. The van der Waals surface area contributed by atoms with Crippen LogP contribution in [0.15, 0.2) is 48.5 Å². The van der Waals surface area contributed by atoms with Crippen LogP contribution in [0, 0.1) is 18.7 Å². The van der Waals surface area contributed by atoms with Crippen LogP contribution < -0.4 is 10.2 Å². The number of hydrogen-bond acceptors (Lipinski definition) is 3. The number of hydrogen-bond donors (Lipinski definition) is 1. The van der Waals surface area contributed by atoms with Crippen LogP contribution in [0.4, 0.5) is 10.1 Å². The van der Waals surface area contributed by atoms with Crippen LogP contribution in [0.1, 0.15) is 36.8 Å². The summed E-state index contributed by atoms with van der Waals surface area (Å²) in [6.07, 6.45) is 2.64. The lowest BCUT2D eigenvalue weighted by atomic mass is 10.0. The van der Waals surface area contributed by atoms with E-state index in [0.717, 1.165) is 11.1 Å². The second-order valence-electron chi connectivity index (χ2n) is 9.01. The van der Waals surface area contributed by atoms with Gasteiger partial charge in [-0.2, -0.15) is 0 Å². The van der Waals surface area contributed by atoms with Crippen molar-refractivity contribution in [2.75, 3.05) is 24.5 Å². The molecule has 7 heteroatoms. The van der Waals surface area contributed by atoms with Crippen LogP contribution in [0.2, 0.25) is 0 Å². The van der Waals surface area contributed by atoms with Crippen molar-refractivity contribution in [2.45, 2.75) is 45.1 Å². The molecular formula is C26H30FN3O3. The summed E-state index contributed by atoms with van der Waals surface area (Å²) >= 11 is 0. The molecule has 2 saturated heterocycles. The molecule has 0 radical (unpaired) electrons. The molecular weight excluding hydrogens is 421 g/mol. The maximum absolute atomic E-state index is 14.3. The number of halogens is 1. The van der Waals surface area contributed by atoms with Crippen molar-refractivity contribution in [3.63, 3.8) is 0 Å². The minimum atomic E-state index is -0.463. The zero-order chi connectivity index (χ0) is 23.4. The zero-order valence-corrected chi connectivity index (χ0v) is 18.9. The van der Waals surface area contributed by atoms with E-state index in [2.05, 4.69) is 5.32 Å². The van der Waals surface area contributed by atoms with Gasteiger partial charge in [-0.1, -0.05) is 36.4 Å². The molecule has 2 aliphatic rings. The number of likely N-dealkylation sites (tertiary alicyclic amines) is 1. The number of anilines is 1. The molecule has 2 heterocycles. The Kier molecular flexibility index (Phi) is 7.06. The van der Waals surface area contributed by atoms with Gasteiger partial charge in [-0.15, -0.1) is 0 Å². The van der Waals surface area contributed by atoms with E-state index in [-0.39, 0.29) is 42.4 Å². The molecule has 1 unspecified atom stereocenters. The van der Waals surface area contributed by atoms with Crippen LogP contribution in [-0.2, 0) is 20.8 Å². The third-order valence-electron chi connectivity index (χ3n) is 6.52. The lowest BCUT2D eigenvalue weighted by Crippen LogP contribution is -2.48. The second-order valence-corrected chi connectivity index (χ2v) is 9.01. The summed E-state index contributed by atoms with van der Waals surface area (Å²) in [6.45, 7) is 3.09. The summed E-state index contributed by atoms with van der Waals surface area (Å²) in [4.78, 5) is 41.0. The van der Waals surface area contributed by atoms with Gasteiger partial charge >= 0.3 is 0 Å². The summed E-state index contributed by atoms with van der Waals surface area (Å²) in [6, 6.07) is 14.7. The summed E-state index contributed by atoms with van der Waals surface area (Å²) in [5.74, 6) is -1.17. The summed E-state index contributed by atoms with van der Waals surface area (Å²) in [5, 5.41) is 3.08. The number of benzene rings is 2. The van der Waals surface area contributed by atoms with E-state index >= 15 is 0 Å². The molecule has 1 N–H and O–H groups in total. The first kappa shape index (κ1) is 23.0. The van der Waals surface area contributed by atoms with Gasteiger partial charge in [0.1, 0.15) is 5.82 Å². The highest BCUT2D eigenvalue weighted by Gasteiger charge is 2.39. The van der Waals surface area contributed by atoms with Crippen molar-refractivity contribution in [3.05, 3.63) is 65.5 Å². The Hall–Kier alpha value is -3.22. The van der Waals surface area contributed by atoms with E-state index < -0.39 is 11.7 Å². The van der Waals surface area contributed by atoms with Gasteiger partial charge in [0.15, 0.2) is 0 Å². The van der Waals surface area contributed by atoms with E-state index in [1.165, 1.54) is 11.0 Å². The summed E-state index contributed by atoms with van der Waals surface area (Å²) in [7, 11) is 0. The maximum Gasteiger partial charge on any atom is 0.228 e. The molecule has 0 saturated carbocycles. The van der Waals surface area contributed by atoms with Gasteiger partial charge in [0.2, 0.25) is 17.7 Å². The van der Waals surface area contributed by atoms with E-state index in [1.54, 1.807) is 24.0 Å². The third kappa shape index (κ3) is 5.59. The Bertz CT molecular complexity index is 1020. The van der Waals surface area contributed by atoms with Gasteiger partial charge in [-0.05, 0) is 49.4 Å². The molecule has 0 spiro atoms. The zero-order valence-electron chi connectivity index (χ0n) is 18.9. The molecule has 6 nitrogen and oxygen atoms in total. The van der Waals surface area contributed by atoms with Crippen molar-refractivity contribution < 1.29 is 18.8 Å². The van der Waals surface area contributed by atoms with E-state index in [4.69, 9.17) is 0 Å². The molecule has 2 aromatic rings. The lowest BCUT2D eigenvalue weighted by Gasteiger charge is -2.33. The van der Waals surface area contributed by atoms with Gasteiger partial charge < -0.3 is 15.1 Å². The maximum atomic E-state index is 14.3. The Morgan fingerprint density at radius 3 is 2.52 bits per heavy atom. The number of rotatable bonds is 6. The topological polar surface area (TPSA) is 69.7 Å². The number of nitrogens with zero attached hydrogens (tertiary/aromatic N) is 2. The normalized spacial score (nSPS) is 19.1. The Morgan fingerprint density at radius 2 is 1.82 bits per heavy atom. The molecule has 4 rings (SSSR count). The number of aryl methyl sites for hydroxylation is 2. The lowest BCUT2D eigenvalue weighted by molar-refractivity contribution is -0.137. The van der Waals surface area contributed by atoms with Crippen molar-refractivity contribution in [3.8, 4) is 0 Å². The van der Waals surface area contributed by atoms with Gasteiger partial charge in [-0.25, -0.2) is 4.39 Å². The molecule has 33 heavy (non-hydrogen) atoms. The number of nitrogens with one attached hydrogen (secondary N) is 1. The first-order valence-electron chi connectivity index (χ1n) is 11.6. The fourth-order valence-electron chi connectivity index (χ4n) is 4.64. The molecule has 3 amide bonds. The molecule has 0 aliphatic carbocycles. The van der Waals surface area contributed by atoms with E-state index in [9.17, 15) is 18.8 Å². The predicted octanol–water partition coefficient (Wildman–Crippen LogP) is 3.23. The fraction of sp³-hybridized carbons (Fsp3) is 0.423. The van der Waals surface area contributed by atoms with Crippen molar-refractivity contribution in [1.82, 2.24) is 10.2 Å². The van der Waals surface area contributed by atoms with Crippen molar-refractivity contribution in [1.29, 1.82) is 0 Å². The molecule has 0 bridgehead atoms. The Labute approximate surface area is 193 Å². The molecule has 1 atom stereocenters. The Morgan fingerprint density at radius 1 is 1.09 bits per heavy atom. The minimum absolute atomic E-state index is 0.0285. The van der Waals surface area contributed by atoms with Crippen LogP contribution >= 0.6 is 0 Å². The van der Waals surface area contributed by atoms with Crippen molar-refractivity contribution >= 4 is 23.4 Å². The first-order valence-corrected chi connectivity index (χ1v) is 11.6. The quantitative estimate of drug-likeness (QED) is 0.733. The Balaban J connectivity index is 1.24.